The van der Waals surface area contributed by atoms with Gasteiger partial charge in [0.05, 0.1) is 0 Å². The number of hydrogen-bond donors (Lipinski definition) is 0. The summed E-state index contributed by atoms with van der Waals surface area (Å²) < 4.78 is 4.94. The highest BCUT2D eigenvalue weighted by molar-refractivity contribution is 8.93. The molecule has 1 rings (SSSR count). The third-order valence-corrected chi connectivity index (χ3v) is 0.827. The summed E-state index contributed by atoms with van der Waals surface area (Å²) in [5, 5.41) is 0. The van der Waals surface area contributed by atoms with E-state index in [1.54, 1.807) is 0 Å². The van der Waals surface area contributed by atoms with E-state index in [1.165, 1.54) is 12.8 Å². The van der Waals surface area contributed by atoms with E-state index in [1.807, 2.05) is 0 Å². The maximum Gasteiger partial charge on any atom is 0.0466 e. The molecule has 0 N–H and O–H groups in total. The lowest BCUT2D eigenvalue weighted by Crippen LogP contribution is -1.74. The molecule has 1 nitrogen and oxygen atoms in total. The Balaban J connectivity index is 0.000000250. The van der Waals surface area contributed by atoms with Crippen LogP contribution in [0.5, 0.6) is 0 Å². The van der Waals surface area contributed by atoms with Gasteiger partial charge < -0.3 is 4.74 Å². The molecule has 1 aliphatic rings. The zero-order valence-electron chi connectivity index (χ0n) is 3.64. The predicted molar refractivity (Wildman–Crippen MR) is 30.4 cm³/mol. The Morgan fingerprint density at radius 2 is 1.50 bits per heavy atom. The molecule has 6 heavy (non-hydrogen) atoms. The zero-order chi connectivity index (χ0) is 3.54. The van der Waals surface area contributed by atoms with Gasteiger partial charge in [-0.15, -0.1) is 17.0 Å². The van der Waals surface area contributed by atoms with Crippen molar-refractivity contribution in [2.45, 2.75) is 12.8 Å². The molecule has 2 heteroatoms. The van der Waals surface area contributed by atoms with Crippen molar-refractivity contribution in [3.8, 4) is 0 Å². The highest BCUT2D eigenvalue weighted by Crippen LogP contribution is 1.98. The van der Waals surface area contributed by atoms with Crippen LogP contribution in [0.3, 0.4) is 0 Å². The molecule has 0 aliphatic carbocycles. The summed E-state index contributed by atoms with van der Waals surface area (Å²) in [6.07, 6.45) is 2.56. The van der Waals surface area contributed by atoms with Gasteiger partial charge in [-0.25, -0.2) is 0 Å². The van der Waals surface area contributed by atoms with Crippen molar-refractivity contribution in [1.82, 2.24) is 0 Å². The van der Waals surface area contributed by atoms with Crippen molar-refractivity contribution in [1.29, 1.82) is 0 Å². The lowest BCUT2D eigenvalue weighted by atomic mass is 10.4. The molecule has 0 saturated carbocycles. The van der Waals surface area contributed by atoms with Crippen LogP contribution in [0.15, 0.2) is 0 Å². The first-order valence-electron chi connectivity index (χ1n) is 2.08. The summed E-state index contributed by atoms with van der Waals surface area (Å²) in [5.41, 5.74) is 0. The van der Waals surface area contributed by atoms with Crippen molar-refractivity contribution < 1.29 is 4.74 Å². The van der Waals surface area contributed by atoms with Crippen LogP contribution in [0.1, 0.15) is 12.8 Å². The Morgan fingerprint density at radius 1 is 1.00 bits per heavy atom. The Bertz CT molecular complexity index is 19.1. The van der Waals surface area contributed by atoms with Gasteiger partial charge in [0.2, 0.25) is 0 Å². The van der Waals surface area contributed by atoms with E-state index in [2.05, 4.69) is 0 Å². The molecule has 1 fully saturated rings. The van der Waals surface area contributed by atoms with Crippen LogP contribution in [-0.4, -0.2) is 13.2 Å². The lowest BCUT2D eigenvalue weighted by Gasteiger charge is -1.76. The molecule has 1 aliphatic heterocycles. The fraction of sp³-hybridized carbons (Fsp3) is 1.00. The minimum Gasteiger partial charge on any atom is -0.381 e. The van der Waals surface area contributed by atoms with Crippen LogP contribution in [0.4, 0.5) is 0 Å². The maximum absolute atomic E-state index is 4.94. The van der Waals surface area contributed by atoms with Gasteiger partial charge in [0.1, 0.15) is 0 Å². The van der Waals surface area contributed by atoms with E-state index in [-0.39, 0.29) is 17.0 Å². The van der Waals surface area contributed by atoms with Crippen LogP contribution in [0.2, 0.25) is 0 Å². The Kier molecular flexibility index (Phi) is 3.89. The first kappa shape index (κ1) is 6.44. The van der Waals surface area contributed by atoms with Gasteiger partial charge in [-0.1, -0.05) is 0 Å². The van der Waals surface area contributed by atoms with Gasteiger partial charge in [-0.2, -0.15) is 0 Å². The van der Waals surface area contributed by atoms with Crippen molar-refractivity contribution in [2.24, 2.45) is 0 Å². The summed E-state index contributed by atoms with van der Waals surface area (Å²) in [5.74, 6) is 0. The second kappa shape index (κ2) is 3.62. The van der Waals surface area contributed by atoms with E-state index in [0.29, 0.717) is 0 Å². The summed E-state index contributed by atoms with van der Waals surface area (Å²) in [7, 11) is 0. The van der Waals surface area contributed by atoms with Crippen molar-refractivity contribution >= 4 is 17.0 Å². The average Bonchev–Trinajstić information content (AvgIpc) is 1.76. The smallest absolute Gasteiger partial charge is 0.0466 e. The molecule has 38 valence electrons. The molecule has 0 unspecified atom stereocenters. The summed E-state index contributed by atoms with van der Waals surface area (Å²) in [4.78, 5) is 0. The van der Waals surface area contributed by atoms with Crippen LogP contribution < -0.4 is 0 Å². The van der Waals surface area contributed by atoms with Gasteiger partial charge >= 0.3 is 0 Å². The molecule has 0 aromatic heterocycles. The minimum atomic E-state index is 0. The first-order chi connectivity index (χ1) is 2.50. The van der Waals surface area contributed by atoms with Crippen LogP contribution >= 0.6 is 17.0 Å². The Hall–Kier alpha value is 0.440. The van der Waals surface area contributed by atoms with Crippen LogP contribution in [0, 0.1) is 0 Å². The number of rotatable bonds is 0. The van der Waals surface area contributed by atoms with E-state index in [0.717, 1.165) is 13.2 Å². The highest BCUT2D eigenvalue weighted by atomic mass is 79.9. The minimum absolute atomic E-state index is 0. The summed E-state index contributed by atoms with van der Waals surface area (Å²) in [6, 6.07) is 0. The zero-order valence-corrected chi connectivity index (χ0v) is 5.36. The highest BCUT2D eigenvalue weighted by Gasteiger charge is 1.94. The van der Waals surface area contributed by atoms with Gasteiger partial charge in [0.25, 0.3) is 0 Å². The lowest BCUT2D eigenvalue weighted by molar-refractivity contribution is 0.198. The van der Waals surface area contributed by atoms with Crippen molar-refractivity contribution in [2.75, 3.05) is 13.2 Å². The fourth-order valence-corrected chi connectivity index (χ4v) is 0.510. The van der Waals surface area contributed by atoms with Gasteiger partial charge in [-0.05, 0) is 12.8 Å². The van der Waals surface area contributed by atoms with Crippen molar-refractivity contribution in [3.63, 3.8) is 0 Å². The number of halogens is 1. The van der Waals surface area contributed by atoms with Crippen molar-refractivity contribution in [3.05, 3.63) is 0 Å². The molecule has 1 saturated heterocycles. The largest absolute Gasteiger partial charge is 0.381 e. The third kappa shape index (κ3) is 1.78. The summed E-state index contributed by atoms with van der Waals surface area (Å²) >= 11 is 0. The second-order valence-electron chi connectivity index (χ2n) is 1.32. The first-order valence-corrected chi connectivity index (χ1v) is 2.08. The number of hydrogen-bond acceptors (Lipinski definition) is 1. The second-order valence-corrected chi connectivity index (χ2v) is 1.32. The molecule has 0 radical (unpaired) electrons. The fourth-order valence-electron chi connectivity index (χ4n) is 0.510. The molecular weight excluding hydrogens is 144 g/mol. The van der Waals surface area contributed by atoms with E-state index in [9.17, 15) is 0 Å². The Labute approximate surface area is 48.5 Å². The van der Waals surface area contributed by atoms with Crippen LogP contribution in [0.25, 0.3) is 0 Å². The molecule has 0 spiro atoms. The maximum atomic E-state index is 4.94. The Morgan fingerprint density at radius 3 is 1.67 bits per heavy atom. The molecule has 0 aromatic carbocycles. The quantitative estimate of drug-likeness (QED) is 0.510. The predicted octanol–water partition coefficient (Wildman–Crippen LogP) is 1.37. The SMILES string of the molecule is Br.C1CCOC1. The average molecular weight is 153 g/mol. The van der Waals surface area contributed by atoms with Gasteiger partial charge in [-0.3, -0.25) is 0 Å². The van der Waals surface area contributed by atoms with E-state index >= 15 is 0 Å². The third-order valence-electron chi connectivity index (χ3n) is 0.827. The molecule has 0 amide bonds. The topological polar surface area (TPSA) is 9.23 Å². The molecule has 0 bridgehead atoms. The molecule has 0 atom stereocenters. The molecular formula is C4H9BrO. The van der Waals surface area contributed by atoms with E-state index < -0.39 is 0 Å². The van der Waals surface area contributed by atoms with E-state index in [4.69, 9.17) is 4.74 Å². The van der Waals surface area contributed by atoms with Gasteiger partial charge in [0, 0.05) is 13.2 Å². The monoisotopic (exact) mass is 152 g/mol. The molecule has 1 heterocycles. The van der Waals surface area contributed by atoms with Gasteiger partial charge in [0.15, 0.2) is 0 Å². The van der Waals surface area contributed by atoms with Crippen LogP contribution in [-0.2, 0) is 4.74 Å². The standard InChI is InChI=1S/C4H8O.BrH/c1-2-4-5-3-1;/h1-4H2;1H. The number of ether oxygens (including phenoxy) is 1. The molecule has 0 aromatic rings. The normalized spacial score (nSPS) is 20.0. The summed E-state index contributed by atoms with van der Waals surface area (Å²) in [6.45, 7) is 2.00.